The number of aromatic nitrogens is 1. The largest absolute Gasteiger partial charge is 0.306 e. The Labute approximate surface area is 173 Å². The number of pyridine rings is 1. The Balaban J connectivity index is 1.26. The van der Waals surface area contributed by atoms with E-state index < -0.39 is 0 Å². The van der Waals surface area contributed by atoms with Gasteiger partial charge in [-0.25, -0.2) is 0 Å². The van der Waals surface area contributed by atoms with Gasteiger partial charge in [0.15, 0.2) is 0 Å². The zero-order valence-electron chi connectivity index (χ0n) is 17.1. The molecule has 29 heavy (non-hydrogen) atoms. The highest BCUT2D eigenvalue weighted by atomic mass is 15.2. The molecule has 4 heterocycles. The van der Waals surface area contributed by atoms with E-state index >= 15 is 0 Å². The summed E-state index contributed by atoms with van der Waals surface area (Å²) in [4.78, 5) is 6.71. The molecule has 3 saturated heterocycles. The molecular formula is C26H29N3. The molecule has 2 unspecified atom stereocenters. The Morgan fingerprint density at radius 2 is 1.31 bits per heavy atom. The summed E-state index contributed by atoms with van der Waals surface area (Å²) in [7, 11) is 0. The van der Waals surface area contributed by atoms with Crippen molar-refractivity contribution in [2.45, 2.75) is 31.8 Å². The van der Waals surface area contributed by atoms with Crippen LogP contribution in [0.2, 0.25) is 0 Å². The third kappa shape index (κ3) is 3.98. The Bertz CT molecular complexity index is 926. The van der Waals surface area contributed by atoms with Crippen molar-refractivity contribution >= 4 is 0 Å². The molecule has 1 aromatic heterocycles. The fourth-order valence-electron chi connectivity index (χ4n) is 4.93. The lowest BCUT2D eigenvalue weighted by molar-refractivity contribution is 0.0680. The van der Waals surface area contributed by atoms with Gasteiger partial charge >= 0.3 is 0 Å². The second-order valence-electron chi connectivity index (χ2n) is 8.57. The number of nitrogens with zero attached hydrogens (tertiary/aromatic N) is 2. The molecule has 2 bridgehead atoms. The highest BCUT2D eigenvalue weighted by Crippen LogP contribution is 2.30. The van der Waals surface area contributed by atoms with E-state index in [4.69, 9.17) is 0 Å². The Hall–Kier alpha value is -2.49. The van der Waals surface area contributed by atoms with Crippen LogP contribution in [-0.2, 0) is 0 Å². The van der Waals surface area contributed by atoms with E-state index in [0.29, 0.717) is 12.1 Å². The Morgan fingerprint density at radius 1 is 0.793 bits per heavy atom. The number of fused-ring (bicyclic) bond motifs is 3. The predicted molar refractivity (Wildman–Crippen MR) is 120 cm³/mol. The van der Waals surface area contributed by atoms with Gasteiger partial charge in [-0.3, -0.25) is 4.98 Å². The molecule has 3 aliphatic rings. The average molecular weight is 384 g/mol. The third-order valence-corrected chi connectivity index (χ3v) is 6.76. The summed E-state index contributed by atoms with van der Waals surface area (Å²) in [5, 5.41) is 3.90. The molecule has 3 fully saturated rings. The molecular weight excluding hydrogens is 354 g/mol. The van der Waals surface area contributed by atoms with Crippen molar-refractivity contribution in [3.63, 3.8) is 0 Å². The first-order chi connectivity index (χ1) is 14.3. The lowest BCUT2D eigenvalue weighted by atomic mass is 9.83. The summed E-state index contributed by atoms with van der Waals surface area (Å²) in [6, 6.07) is 23.0. The van der Waals surface area contributed by atoms with Crippen LogP contribution in [0.4, 0.5) is 0 Å². The van der Waals surface area contributed by atoms with Crippen LogP contribution >= 0.6 is 0 Å². The van der Waals surface area contributed by atoms with Crippen molar-refractivity contribution in [3.8, 4) is 22.3 Å². The molecule has 0 amide bonds. The first-order valence-electron chi connectivity index (χ1n) is 10.9. The molecule has 2 aromatic carbocycles. The number of piperidine rings is 3. The van der Waals surface area contributed by atoms with Gasteiger partial charge in [0.05, 0.1) is 0 Å². The Morgan fingerprint density at radius 3 is 1.83 bits per heavy atom. The minimum absolute atomic E-state index is 0.392. The van der Waals surface area contributed by atoms with Crippen molar-refractivity contribution in [3.05, 3.63) is 78.6 Å². The van der Waals surface area contributed by atoms with Gasteiger partial charge in [-0.15, -0.1) is 0 Å². The molecule has 148 valence electrons. The fourth-order valence-corrected chi connectivity index (χ4v) is 4.93. The lowest BCUT2D eigenvalue weighted by Gasteiger charge is -2.46. The van der Waals surface area contributed by atoms with Crippen molar-refractivity contribution in [2.24, 2.45) is 5.92 Å². The molecule has 0 saturated carbocycles. The van der Waals surface area contributed by atoms with Crippen LogP contribution in [0, 0.1) is 5.92 Å². The van der Waals surface area contributed by atoms with Crippen LogP contribution in [0.5, 0.6) is 0 Å². The Kier molecular flexibility index (Phi) is 5.17. The van der Waals surface area contributed by atoms with Gasteiger partial charge in [-0.1, -0.05) is 48.5 Å². The van der Waals surface area contributed by atoms with Crippen LogP contribution in [-0.4, -0.2) is 35.6 Å². The summed E-state index contributed by atoms with van der Waals surface area (Å²) in [6.45, 7) is 6.12. The second kappa shape index (κ2) is 8.10. The zero-order valence-corrected chi connectivity index (χ0v) is 17.1. The van der Waals surface area contributed by atoms with Gasteiger partial charge < -0.3 is 10.2 Å². The normalized spacial score (nSPS) is 24.4. The monoisotopic (exact) mass is 383 g/mol. The van der Waals surface area contributed by atoms with E-state index in [-0.39, 0.29) is 0 Å². The summed E-state index contributed by atoms with van der Waals surface area (Å²) in [5.41, 5.74) is 6.33. The van der Waals surface area contributed by atoms with E-state index in [9.17, 15) is 0 Å². The number of rotatable bonds is 5. The van der Waals surface area contributed by atoms with Gasteiger partial charge in [0.25, 0.3) is 0 Å². The maximum Gasteiger partial charge on any atom is 0.0295 e. The van der Waals surface area contributed by atoms with E-state index in [2.05, 4.69) is 70.7 Å². The molecule has 0 spiro atoms. The number of hydrogen-bond acceptors (Lipinski definition) is 3. The van der Waals surface area contributed by atoms with Gasteiger partial charge in [-0.2, -0.15) is 0 Å². The second-order valence-corrected chi connectivity index (χ2v) is 8.57. The van der Waals surface area contributed by atoms with Crippen molar-refractivity contribution in [2.75, 3.05) is 19.6 Å². The highest BCUT2D eigenvalue weighted by molar-refractivity contribution is 5.70. The van der Waals surface area contributed by atoms with Crippen LogP contribution in [0.25, 0.3) is 22.3 Å². The van der Waals surface area contributed by atoms with Crippen LogP contribution in [0.3, 0.4) is 0 Å². The van der Waals surface area contributed by atoms with Crippen LogP contribution < -0.4 is 5.32 Å². The first kappa shape index (κ1) is 18.5. The first-order valence-corrected chi connectivity index (χ1v) is 10.9. The van der Waals surface area contributed by atoms with Gasteiger partial charge in [0.2, 0.25) is 0 Å². The maximum absolute atomic E-state index is 4.10. The van der Waals surface area contributed by atoms with Crippen molar-refractivity contribution < 1.29 is 0 Å². The van der Waals surface area contributed by atoms with Crippen molar-refractivity contribution in [1.29, 1.82) is 0 Å². The van der Waals surface area contributed by atoms with Crippen LogP contribution in [0.1, 0.15) is 31.4 Å². The fraction of sp³-hybridized carbons (Fsp3) is 0.346. The average Bonchev–Trinajstić information content (AvgIpc) is 2.81. The van der Waals surface area contributed by atoms with E-state index in [1.807, 2.05) is 24.5 Å². The molecule has 6 rings (SSSR count). The quantitative estimate of drug-likeness (QED) is 0.659. The van der Waals surface area contributed by atoms with Gasteiger partial charge in [0, 0.05) is 31.0 Å². The standard InChI is InChI=1S/C26H29N3/c1-19(28-26-18-29-16-12-25(26)13-17-29)20-2-4-21(5-3-20)22-6-8-23(9-7-22)24-10-14-27-15-11-24/h2-11,14-15,19,25-26,28H,12-13,16-18H2,1H3. The molecule has 3 nitrogen and oxygen atoms in total. The summed E-state index contributed by atoms with van der Waals surface area (Å²) >= 11 is 0. The zero-order chi connectivity index (χ0) is 19.6. The topological polar surface area (TPSA) is 28.2 Å². The minimum Gasteiger partial charge on any atom is -0.306 e. The molecule has 3 aliphatic heterocycles. The number of nitrogens with one attached hydrogen (secondary N) is 1. The summed E-state index contributed by atoms with van der Waals surface area (Å²) in [6.07, 6.45) is 6.40. The maximum atomic E-state index is 4.10. The molecule has 1 N–H and O–H groups in total. The minimum atomic E-state index is 0.392. The van der Waals surface area contributed by atoms with Gasteiger partial charge in [-0.05, 0) is 78.7 Å². The smallest absolute Gasteiger partial charge is 0.0295 e. The highest BCUT2D eigenvalue weighted by Gasteiger charge is 2.34. The number of benzene rings is 2. The molecule has 0 aliphatic carbocycles. The SMILES string of the molecule is CC(NC1CN2CCC1CC2)c1ccc(-c2ccc(-c3ccncc3)cc2)cc1. The van der Waals surface area contributed by atoms with Crippen LogP contribution in [0.15, 0.2) is 73.1 Å². The summed E-state index contributed by atoms with van der Waals surface area (Å²) in [5.74, 6) is 0.862. The molecule has 2 atom stereocenters. The molecule has 3 heteroatoms. The van der Waals surface area contributed by atoms with E-state index in [1.165, 1.54) is 60.3 Å². The lowest BCUT2D eigenvalue weighted by Crippen LogP contribution is -2.56. The van der Waals surface area contributed by atoms with Crippen molar-refractivity contribution in [1.82, 2.24) is 15.2 Å². The van der Waals surface area contributed by atoms with E-state index in [0.717, 1.165) is 5.92 Å². The number of hydrogen-bond donors (Lipinski definition) is 1. The predicted octanol–water partition coefficient (Wildman–Crippen LogP) is 5.16. The molecule has 3 aromatic rings. The van der Waals surface area contributed by atoms with E-state index in [1.54, 1.807) is 0 Å². The third-order valence-electron chi connectivity index (χ3n) is 6.76. The summed E-state index contributed by atoms with van der Waals surface area (Å²) < 4.78 is 0. The molecule has 0 radical (unpaired) electrons. The van der Waals surface area contributed by atoms with Gasteiger partial charge in [0.1, 0.15) is 0 Å².